The first-order valence-electron chi connectivity index (χ1n) is 10.1. The van der Waals surface area contributed by atoms with Gasteiger partial charge in [0.05, 0.1) is 12.6 Å². The molecule has 3 rings (SSSR count). The van der Waals surface area contributed by atoms with Crippen molar-refractivity contribution >= 4 is 35.8 Å². The molecule has 2 aliphatic rings. The van der Waals surface area contributed by atoms with Gasteiger partial charge < -0.3 is 20.3 Å². The van der Waals surface area contributed by atoms with Crippen molar-refractivity contribution in [2.75, 3.05) is 33.8 Å². The quantitative estimate of drug-likeness (QED) is 0.370. The summed E-state index contributed by atoms with van der Waals surface area (Å²) in [5, 5.41) is 7.02. The van der Waals surface area contributed by atoms with Crippen molar-refractivity contribution in [3.8, 4) is 5.75 Å². The van der Waals surface area contributed by atoms with E-state index in [0.717, 1.165) is 30.2 Å². The molecule has 2 N–H and O–H groups in total. The molecule has 1 unspecified atom stereocenters. The Bertz CT molecular complexity index is 660. The summed E-state index contributed by atoms with van der Waals surface area (Å²) in [4.78, 5) is 18.1. The van der Waals surface area contributed by atoms with Crippen LogP contribution in [0.2, 0.25) is 0 Å². The van der Waals surface area contributed by atoms with Gasteiger partial charge >= 0.3 is 0 Å². The second kappa shape index (κ2) is 11.5. The number of nitrogens with zero attached hydrogens (tertiary/aromatic N) is 2. The lowest BCUT2D eigenvalue weighted by molar-refractivity contribution is -0.127. The topological polar surface area (TPSA) is 66.0 Å². The lowest BCUT2D eigenvalue weighted by atomic mass is 9.89. The molecule has 1 heterocycles. The Morgan fingerprint density at radius 2 is 1.93 bits per heavy atom. The van der Waals surface area contributed by atoms with Crippen molar-refractivity contribution in [2.24, 2.45) is 10.9 Å². The summed E-state index contributed by atoms with van der Waals surface area (Å²) >= 11 is 0. The van der Waals surface area contributed by atoms with Gasteiger partial charge in [-0.25, -0.2) is 4.99 Å². The highest BCUT2D eigenvalue weighted by Crippen LogP contribution is 2.31. The summed E-state index contributed by atoms with van der Waals surface area (Å²) in [6.07, 6.45) is 7.42. The third kappa shape index (κ3) is 6.53. The molecule has 1 saturated carbocycles. The molecule has 6 nitrogen and oxygen atoms in total. The third-order valence-electron chi connectivity index (χ3n) is 5.42. The summed E-state index contributed by atoms with van der Waals surface area (Å²) in [6.45, 7) is 1.74. The number of ether oxygens (including phenoxy) is 1. The Balaban J connectivity index is 0.00000280. The van der Waals surface area contributed by atoms with Crippen molar-refractivity contribution in [1.29, 1.82) is 0 Å². The Hall–Kier alpha value is -1.51. The number of carbonyl (C=O) groups is 1. The highest BCUT2D eigenvalue weighted by atomic mass is 127. The number of amides is 1. The van der Waals surface area contributed by atoms with Crippen LogP contribution in [0.1, 0.15) is 50.1 Å². The van der Waals surface area contributed by atoms with E-state index in [2.05, 4.69) is 21.7 Å². The number of rotatable bonds is 5. The highest BCUT2D eigenvalue weighted by molar-refractivity contribution is 14.0. The van der Waals surface area contributed by atoms with E-state index in [1.54, 1.807) is 19.0 Å². The second-order valence-electron chi connectivity index (χ2n) is 7.71. The molecule has 1 aliphatic carbocycles. The molecule has 1 atom stereocenters. The van der Waals surface area contributed by atoms with Crippen LogP contribution >= 0.6 is 24.0 Å². The van der Waals surface area contributed by atoms with Crippen molar-refractivity contribution in [1.82, 2.24) is 15.5 Å². The lowest BCUT2D eigenvalue weighted by Gasteiger charge is -2.29. The van der Waals surface area contributed by atoms with Gasteiger partial charge in [-0.2, -0.15) is 0 Å². The van der Waals surface area contributed by atoms with Gasteiger partial charge in [-0.15, -0.1) is 24.0 Å². The fourth-order valence-electron chi connectivity index (χ4n) is 3.73. The van der Waals surface area contributed by atoms with Crippen LogP contribution in [0, 0.1) is 5.92 Å². The summed E-state index contributed by atoms with van der Waals surface area (Å²) in [6, 6.07) is 8.26. The maximum absolute atomic E-state index is 12.0. The van der Waals surface area contributed by atoms with Gasteiger partial charge in [0.2, 0.25) is 5.91 Å². The van der Waals surface area contributed by atoms with Gasteiger partial charge in [0, 0.05) is 32.6 Å². The van der Waals surface area contributed by atoms with Gasteiger partial charge in [-0.1, -0.05) is 37.5 Å². The molecule has 1 amide bonds. The van der Waals surface area contributed by atoms with Crippen LogP contribution in [0.4, 0.5) is 0 Å². The number of hydrogen-bond acceptors (Lipinski definition) is 3. The van der Waals surface area contributed by atoms with E-state index in [-0.39, 0.29) is 42.5 Å². The number of nitrogens with one attached hydrogen (secondary N) is 2. The number of likely N-dealkylation sites (N-methyl/N-ethyl adjacent to an activating group) is 1. The second-order valence-corrected chi connectivity index (χ2v) is 7.71. The number of benzene rings is 1. The van der Waals surface area contributed by atoms with Gasteiger partial charge in [0.15, 0.2) is 5.96 Å². The Morgan fingerprint density at radius 3 is 2.68 bits per heavy atom. The Labute approximate surface area is 185 Å². The zero-order valence-electron chi connectivity index (χ0n) is 16.9. The number of carbonyl (C=O) groups excluding carboxylic acids is 1. The van der Waals surface area contributed by atoms with E-state index in [0.29, 0.717) is 12.5 Å². The summed E-state index contributed by atoms with van der Waals surface area (Å²) < 4.78 is 5.76. The molecule has 156 valence electrons. The van der Waals surface area contributed by atoms with Crippen LogP contribution in [-0.4, -0.2) is 50.6 Å². The smallest absolute Gasteiger partial charge is 0.243 e. The van der Waals surface area contributed by atoms with E-state index >= 15 is 0 Å². The molecule has 1 aliphatic heterocycles. The summed E-state index contributed by atoms with van der Waals surface area (Å²) in [5.41, 5.74) is 1.15. The Kier molecular flexibility index (Phi) is 9.34. The fourth-order valence-corrected chi connectivity index (χ4v) is 3.73. The molecule has 0 bridgehead atoms. The van der Waals surface area contributed by atoms with Crippen molar-refractivity contribution in [3.05, 3.63) is 29.8 Å². The summed E-state index contributed by atoms with van der Waals surface area (Å²) in [5.74, 6) is 2.34. The molecule has 0 spiro atoms. The highest BCUT2D eigenvalue weighted by Gasteiger charge is 2.22. The van der Waals surface area contributed by atoms with Gasteiger partial charge in [-0.05, 0) is 24.8 Å². The zero-order valence-corrected chi connectivity index (χ0v) is 19.3. The summed E-state index contributed by atoms with van der Waals surface area (Å²) in [7, 11) is 3.52. The minimum atomic E-state index is 0. The number of halogens is 1. The van der Waals surface area contributed by atoms with Crippen LogP contribution in [0.25, 0.3) is 0 Å². The minimum Gasteiger partial charge on any atom is -0.493 e. The van der Waals surface area contributed by atoms with Crippen LogP contribution in [0.15, 0.2) is 29.3 Å². The number of guanidine groups is 1. The van der Waals surface area contributed by atoms with Crippen LogP contribution in [-0.2, 0) is 4.79 Å². The molecule has 1 fully saturated rings. The standard InChI is InChI=1S/C21H32N4O2.HI/c1-25(2)20(26)15-23-21(22-14-16-8-4-3-5-9-16)24-18-12-13-27-19-11-7-6-10-17(18)19;/h6-7,10-11,16,18H,3-5,8-9,12-15H2,1-2H3,(H2,22,23,24);1H. The first kappa shape index (κ1) is 22.8. The number of para-hydroxylation sites is 1. The van der Waals surface area contributed by atoms with Gasteiger partial charge in [0.1, 0.15) is 12.3 Å². The van der Waals surface area contributed by atoms with E-state index < -0.39 is 0 Å². The molecule has 28 heavy (non-hydrogen) atoms. The first-order chi connectivity index (χ1) is 13.1. The predicted molar refractivity (Wildman–Crippen MR) is 123 cm³/mol. The lowest BCUT2D eigenvalue weighted by Crippen LogP contribution is -2.43. The monoisotopic (exact) mass is 500 g/mol. The van der Waals surface area contributed by atoms with E-state index in [1.165, 1.54) is 32.1 Å². The van der Waals surface area contributed by atoms with E-state index in [1.807, 2.05) is 18.2 Å². The molecule has 0 radical (unpaired) electrons. The minimum absolute atomic E-state index is 0. The van der Waals surface area contributed by atoms with Crippen molar-refractivity contribution < 1.29 is 9.53 Å². The number of hydrogen-bond donors (Lipinski definition) is 2. The van der Waals surface area contributed by atoms with E-state index in [9.17, 15) is 4.79 Å². The SMILES string of the molecule is CN(C)C(=O)CN=C(NCC1CCCCC1)NC1CCOc2ccccc21.I. The van der Waals surface area contributed by atoms with Gasteiger partial charge in [0.25, 0.3) is 0 Å². The van der Waals surface area contributed by atoms with Gasteiger partial charge in [-0.3, -0.25) is 4.79 Å². The maximum atomic E-state index is 12.0. The number of fused-ring (bicyclic) bond motifs is 1. The van der Waals surface area contributed by atoms with Crippen LogP contribution in [0.5, 0.6) is 5.75 Å². The van der Waals surface area contributed by atoms with E-state index in [4.69, 9.17) is 4.74 Å². The molecule has 1 aromatic rings. The average molecular weight is 500 g/mol. The molecular formula is C21H33IN4O2. The van der Waals surface area contributed by atoms with Crippen molar-refractivity contribution in [2.45, 2.75) is 44.6 Å². The van der Waals surface area contributed by atoms with Crippen LogP contribution < -0.4 is 15.4 Å². The normalized spacial score (nSPS) is 19.6. The largest absolute Gasteiger partial charge is 0.493 e. The predicted octanol–water partition coefficient (Wildman–Crippen LogP) is 3.33. The maximum Gasteiger partial charge on any atom is 0.243 e. The molecule has 7 heteroatoms. The van der Waals surface area contributed by atoms with Crippen LogP contribution in [0.3, 0.4) is 0 Å². The average Bonchev–Trinajstić information content (AvgIpc) is 2.70. The fraction of sp³-hybridized carbons (Fsp3) is 0.619. The first-order valence-corrected chi connectivity index (χ1v) is 10.1. The molecule has 1 aromatic carbocycles. The third-order valence-corrected chi connectivity index (χ3v) is 5.42. The Morgan fingerprint density at radius 1 is 1.18 bits per heavy atom. The molecule has 0 aromatic heterocycles. The molecule has 0 saturated heterocycles. The molecular weight excluding hydrogens is 467 g/mol. The van der Waals surface area contributed by atoms with Crippen molar-refractivity contribution in [3.63, 3.8) is 0 Å². The number of aliphatic imine (C=N–C) groups is 1. The zero-order chi connectivity index (χ0) is 19.1.